The lowest BCUT2D eigenvalue weighted by Gasteiger charge is -2.14. The van der Waals surface area contributed by atoms with Crippen LogP contribution in [0.15, 0.2) is 17.8 Å². The molecule has 0 aliphatic heterocycles. The first-order valence-corrected chi connectivity index (χ1v) is 8.99. The lowest BCUT2D eigenvalue weighted by Crippen LogP contribution is -2.13. The maximum Gasteiger partial charge on any atom is 0.164 e. The van der Waals surface area contributed by atoms with Gasteiger partial charge in [-0.3, -0.25) is 0 Å². The van der Waals surface area contributed by atoms with Gasteiger partial charge in [0.2, 0.25) is 0 Å². The lowest BCUT2D eigenvalue weighted by atomic mass is 9.93. The number of imidazole rings is 1. The molecule has 0 amide bonds. The van der Waals surface area contributed by atoms with Gasteiger partial charge >= 0.3 is 0 Å². The molecular formula is C13H19N3O2S2. The first kappa shape index (κ1) is 15.2. The molecule has 0 spiro atoms. The minimum atomic E-state index is -3.25. The predicted octanol–water partition coefficient (Wildman–Crippen LogP) is 2.29. The van der Waals surface area contributed by atoms with Crippen LogP contribution in [-0.2, 0) is 33.8 Å². The first-order chi connectivity index (χ1) is 9.17. The highest BCUT2D eigenvalue weighted by Crippen LogP contribution is 2.25. The molecule has 0 unspecified atom stereocenters. The third kappa shape index (κ3) is 3.67. The second-order valence-corrected chi connectivity index (χ2v) is 8.87. The van der Waals surface area contributed by atoms with Gasteiger partial charge in [0.25, 0.3) is 0 Å². The molecule has 0 atom stereocenters. The molecule has 20 heavy (non-hydrogen) atoms. The molecule has 0 saturated carbocycles. The summed E-state index contributed by atoms with van der Waals surface area (Å²) in [5, 5.41) is 2.58. The van der Waals surface area contributed by atoms with Crippen LogP contribution in [0.25, 0.3) is 0 Å². The molecule has 0 N–H and O–H groups in total. The Bertz CT molecular complexity index is 693. The van der Waals surface area contributed by atoms with Crippen molar-refractivity contribution in [2.24, 2.45) is 7.05 Å². The number of hydrogen-bond donors (Lipinski definition) is 0. The van der Waals surface area contributed by atoms with Crippen LogP contribution in [0, 0.1) is 0 Å². The highest BCUT2D eigenvalue weighted by atomic mass is 32.2. The number of aryl methyl sites for hydroxylation is 1. The van der Waals surface area contributed by atoms with E-state index in [2.05, 4.69) is 30.7 Å². The maximum atomic E-state index is 12.2. The molecule has 0 radical (unpaired) electrons. The van der Waals surface area contributed by atoms with E-state index in [1.807, 2.05) is 5.38 Å². The van der Waals surface area contributed by atoms with E-state index in [4.69, 9.17) is 0 Å². The fraction of sp³-hybridized carbons (Fsp3) is 0.538. The van der Waals surface area contributed by atoms with Crippen molar-refractivity contribution in [3.8, 4) is 0 Å². The Hall–Kier alpha value is -1.21. The Morgan fingerprint density at radius 2 is 2.00 bits per heavy atom. The lowest BCUT2D eigenvalue weighted by molar-refractivity contribution is 0.570. The highest BCUT2D eigenvalue weighted by molar-refractivity contribution is 7.89. The number of hydrogen-bond acceptors (Lipinski definition) is 5. The van der Waals surface area contributed by atoms with E-state index < -0.39 is 9.84 Å². The summed E-state index contributed by atoms with van der Waals surface area (Å²) in [6.45, 7) is 6.19. The van der Waals surface area contributed by atoms with Crippen molar-refractivity contribution in [1.82, 2.24) is 14.5 Å². The predicted molar refractivity (Wildman–Crippen MR) is 80.3 cm³/mol. The van der Waals surface area contributed by atoms with Crippen LogP contribution in [0.1, 0.15) is 37.3 Å². The molecule has 2 rings (SSSR count). The second kappa shape index (κ2) is 5.29. The van der Waals surface area contributed by atoms with E-state index in [0.29, 0.717) is 10.8 Å². The molecule has 2 aromatic heterocycles. The molecule has 0 aliphatic rings. The van der Waals surface area contributed by atoms with Crippen molar-refractivity contribution in [2.75, 3.05) is 0 Å². The van der Waals surface area contributed by atoms with E-state index in [1.165, 1.54) is 11.3 Å². The Kier molecular flexibility index (Phi) is 4.02. The van der Waals surface area contributed by atoms with E-state index in [-0.39, 0.29) is 16.9 Å². The molecule has 2 heterocycles. The molecule has 7 heteroatoms. The number of rotatable bonds is 4. The van der Waals surface area contributed by atoms with Gasteiger partial charge in [0.05, 0.1) is 5.69 Å². The summed E-state index contributed by atoms with van der Waals surface area (Å²) >= 11 is 1.40. The minimum Gasteiger partial charge on any atom is -0.337 e. The zero-order valence-corrected chi connectivity index (χ0v) is 13.8. The zero-order chi connectivity index (χ0) is 15.0. The molecule has 5 nitrogen and oxygen atoms in total. The normalized spacial score (nSPS) is 12.8. The molecular weight excluding hydrogens is 294 g/mol. The van der Waals surface area contributed by atoms with E-state index >= 15 is 0 Å². The standard InChI is InChI=1S/C13H19N3O2S2/c1-13(2,3)10-7-19-12(15-10)9-20(17,18)8-11-14-5-6-16(11)4/h5-7H,8-9H2,1-4H3. The van der Waals surface area contributed by atoms with E-state index in [1.54, 1.807) is 24.0 Å². The van der Waals surface area contributed by atoms with Gasteiger partial charge < -0.3 is 4.57 Å². The monoisotopic (exact) mass is 313 g/mol. The van der Waals surface area contributed by atoms with Crippen molar-refractivity contribution in [3.63, 3.8) is 0 Å². The van der Waals surface area contributed by atoms with Crippen LogP contribution in [0.5, 0.6) is 0 Å². The third-order valence-corrected chi connectivity index (χ3v) is 5.38. The molecule has 0 aliphatic carbocycles. The van der Waals surface area contributed by atoms with Gasteiger partial charge in [-0.2, -0.15) is 0 Å². The molecule has 0 bridgehead atoms. The van der Waals surface area contributed by atoms with Gasteiger partial charge in [0, 0.05) is 30.2 Å². The third-order valence-electron chi connectivity index (χ3n) is 2.93. The van der Waals surface area contributed by atoms with Crippen LogP contribution in [0.3, 0.4) is 0 Å². The van der Waals surface area contributed by atoms with Crippen LogP contribution in [0.2, 0.25) is 0 Å². The summed E-state index contributed by atoms with van der Waals surface area (Å²) in [5.74, 6) is 0.472. The van der Waals surface area contributed by atoms with E-state index in [0.717, 1.165) is 5.69 Å². The summed E-state index contributed by atoms with van der Waals surface area (Å²) in [5.41, 5.74) is 0.878. The fourth-order valence-corrected chi connectivity index (χ4v) is 4.52. The Balaban J connectivity index is 2.13. The van der Waals surface area contributed by atoms with Gasteiger partial charge in [-0.05, 0) is 0 Å². The van der Waals surface area contributed by atoms with Gasteiger partial charge in [-0.15, -0.1) is 11.3 Å². The minimum absolute atomic E-state index is 0.0272. The Morgan fingerprint density at radius 1 is 1.30 bits per heavy atom. The summed E-state index contributed by atoms with van der Waals surface area (Å²) in [6, 6.07) is 0. The van der Waals surface area contributed by atoms with Gasteiger partial charge in [0.15, 0.2) is 9.84 Å². The summed E-state index contributed by atoms with van der Waals surface area (Å²) in [6.07, 6.45) is 3.35. The Labute approximate surface area is 123 Å². The van der Waals surface area contributed by atoms with Gasteiger partial charge in [-0.25, -0.2) is 18.4 Å². The average Bonchev–Trinajstić information content (AvgIpc) is 2.87. The zero-order valence-electron chi connectivity index (χ0n) is 12.1. The fourth-order valence-electron chi connectivity index (χ4n) is 1.69. The second-order valence-electron chi connectivity index (χ2n) is 5.86. The highest BCUT2D eigenvalue weighted by Gasteiger charge is 2.21. The molecule has 0 fully saturated rings. The average molecular weight is 313 g/mol. The molecule has 110 valence electrons. The molecule has 2 aromatic rings. The Morgan fingerprint density at radius 3 is 2.50 bits per heavy atom. The van der Waals surface area contributed by atoms with Crippen molar-refractivity contribution in [2.45, 2.75) is 37.7 Å². The van der Waals surface area contributed by atoms with Crippen LogP contribution in [-0.4, -0.2) is 23.0 Å². The van der Waals surface area contributed by atoms with Crippen molar-refractivity contribution < 1.29 is 8.42 Å². The van der Waals surface area contributed by atoms with Crippen LogP contribution < -0.4 is 0 Å². The maximum absolute atomic E-state index is 12.2. The number of nitrogens with zero attached hydrogens (tertiary/aromatic N) is 3. The number of aromatic nitrogens is 3. The smallest absolute Gasteiger partial charge is 0.164 e. The largest absolute Gasteiger partial charge is 0.337 e. The van der Waals surface area contributed by atoms with Crippen LogP contribution in [0.4, 0.5) is 0 Å². The van der Waals surface area contributed by atoms with Gasteiger partial charge in [-0.1, -0.05) is 20.8 Å². The number of thiazole rings is 1. The summed E-state index contributed by atoms with van der Waals surface area (Å²) in [4.78, 5) is 8.48. The topological polar surface area (TPSA) is 64.8 Å². The molecule has 0 saturated heterocycles. The van der Waals surface area contributed by atoms with Crippen molar-refractivity contribution in [3.05, 3.63) is 34.3 Å². The van der Waals surface area contributed by atoms with Crippen molar-refractivity contribution >= 4 is 21.2 Å². The first-order valence-electron chi connectivity index (χ1n) is 6.29. The summed E-state index contributed by atoms with van der Waals surface area (Å²) in [7, 11) is -1.46. The molecule has 0 aromatic carbocycles. The van der Waals surface area contributed by atoms with Gasteiger partial charge in [0.1, 0.15) is 22.3 Å². The SMILES string of the molecule is Cn1ccnc1CS(=O)(=O)Cc1nc(C(C)(C)C)cs1. The summed E-state index contributed by atoms with van der Waals surface area (Å²) < 4.78 is 26.1. The quantitative estimate of drug-likeness (QED) is 0.868. The van der Waals surface area contributed by atoms with Crippen LogP contribution >= 0.6 is 11.3 Å². The van der Waals surface area contributed by atoms with E-state index in [9.17, 15) is 8.42 Å². The number of sulfone groups is 1. The van der Waals surface area contributed by atoms with Crippen molar-refractivity contribution in [1.29, 1.82) is 0 Å².